The van der Waals surface area contributed by atoms with Crippen LogP contribution in [-0.2, 0) is 50.9 Å². The van der Waals surface area contributed by atoms with Gasteiger partial charge in [-0.15, -0.1) is 11.8 Å². The van der Waals surface area contributed by atoms with Crippen LogP contribution >= 0.6 is 11.8 Å². The van der Waals surface area contributed by atoms with E-state index in [1.54, 1.807) is 0 Å². The van der Waals surface area contributed by atoms with Crippen molar-refractivity contribution >= 4 is 33.8 Å². The highest BCUT2D eigenvalue weighted by Crippen LogP contribution is 2.42. The highest BCUT2D eigenvalue weighted by atomic mass is 32.2. The van der Waals surface area contributed by atoms with Crippen LogP contribution in [0.1, 0.15) is 67.5 Å². The number of esters is 2. The second kappa shape index (κ2) is 14.5. The van der Waals surface area contributed by atoms with Gasteiger partial charge in [-0.25, -0.2) is 0 Å². The zero-order chi connectivity index (χ0) is 29.4. The van der Waals surface area contributed by atoms with Crippen LogP contribution in [0, 0.1) is 12.8 Å². The lowest BCUT2D eigenvalue weighted by atomic mass is 9.85. The Balaban J connectivity index is 1.72. The Morgan fingerprint density at radius 1 is 0.950 bits per heavy atom. The number of rotatable bonds is 12. The molecule has 1 fully saturated rings. The standard InChI is InChI=1S/C30H40O8S2/c1-19-10-15-25(27-20(2)28(36-21(3)31)29(37-22(4)32)30(38-27)39-5)18-26(19)17-24-13-11-23(12-14-24)9-7-8-16-35-40(6,33)34/h10-15,18,20,27-30H,7-9,16-17H2,1-6H3/t20-,27+,28+,29-,30+/m0/s1. The molecule has 0 N–H and O–H groups in total. The Labute approximate surface area is 242 Å². The summed E-state index contributed by atoms with van der Waals surface area (Å²) in [5, 5.41) is 0. The number of aryl methyl sites for hydroxylation is 2. The van der Waals surface area contributed by atoms with E-state index in [-0.39, 0.29) is 18.6 Å². The molecule has 0 unspecified atom stereocenters. The zero-order valence-corrected chi connectivity index (χ0v) is 25.7. The molecule has 8 nitrogen and oxygen atoms in total. The summed E-state index contributed by atoms with van der Waals surface area (Å²) in [5.41, 5.74) is 5.21. The third-order valence-electron chi connectivity index (χ3n) is 6.98. The number of benzene rings is 2. The lowest BCUT2D eigenvalue weighted by molar-refractivity contribution is -0.208. The quantitative estimate of drug-likeness (QED) is 0.188. The maximum absolute atomic E-state index is 11.9. The Kier molecular flexibility index (Phi) is 11.6. The number of hydrogen-bond acceptors (Lipinski definition) is 9. The van der Waals surface area contributed by atoms with Gasteiger partial charge in [-0.2, -0.15) is 8.42 Å². The molecular weight excluding hydrogens is 552 g/mol. The van der Waals surface area contributed by atoms with Gasteiger partial charge in [0.25, 0.3) is 10.1 Å². The molecule has 1 heterocycles. The molecule has 40 heavy (non-hydrogen) atoms. The van der Waals surface area contributed by atoms with Gasteiger partial charge in [0.15, 0.2) is 6.10 Å². The topological polar surface area (TPSA) is 105 Å². The average Bonchev–Trinajstić information content (AvgIpc) is 2.87. The Bertz CT molecular complexity index is 1260. The molecule has 1 aliphatic rings. The molecule has 0 amide bonds. The van der Waals surface area contributed by atoms with Crippen LogP contribution in [-0.4, -0.2) is 57.1 Å². The summed E-state index contributed by atoms with van der Waals surface area (Å²) in [5.74, 6) is -1.11. The van der Waals surface area contributed by atoms with Gasteiger partial charge in [-0.3, -0.25) is 13.8 Å². The van der Waals surface area contributed by atoms with E-state index in [1.807, 2.05) is 19.2 Å². The van der Waals surface area contributed by atoms with Crippen molar-refractivity contribution in [3.63, 3.8) is 0 Å². The first kappa shape index (κ1) is 32.1. The minimum absolute atomic E-state index is 0.208. The highest BCUT2D eigenvalue weighted by molar-refractivity contribution is 7.99. The summed E-state index contributed by atoms with van der Waals surface area (Å²) < 4.78 is 44.6. The molecule has 0 aliphatic carbocycles. The van der Waals surface area contributed by atoms with Gasteiger partial charge < -0.3 is 14.2 Å². The SMILES string of the molecule is CS[C@H]1O[C@@H](c2ccc(C)c(Cc3ccc(CCCCOS(C)(=O)=O)cc3)c2)[C@H](C)[C@@H](OC(C)=O)[C@@H]1OC(C)=O. The van der Waals surface area contributed by atoms with Crippen molar-refractivity contribution in [1.29, 1.82) is 0 Å². The number of ether oxygens (including phenoxy) is 3. The molecular formula is C30H40O8S2. The predicted molar refractivity (Wildman–Crippen MR) is 156 cm³/mol. The maximum atomic E-state index is 11.9. The molecule has 0 bridgehead atoms. The first-order valence-electron chi connectivity index (χ1n) is 13.4. The summed E-state index contributed by atoms with van der Waals surface area (Å²) >= 11 is 1.42. The second-order valence-electron chi connectivity index (χ2n) is 10.3. The molecule has 0 aromatic heterocycles. The minimum Gasteiger partial charge on any atom is -0.458 e. The Morgan fingerprint density at radius 3 is 2.17 bits per heavy atom. The summed E-state index contributed by atoms with van der Waals surface area (Å²) in [6.07, 6.45) is 4.40. The lowest BCUT2D eigenvalue weighted by Gasteiger charge is -2.44. The fraction of sp³-hybridized carbons (Fsp3) is 0.533. The van der Waals surface area contributed by atoms with Gasteiger partial charge in [0, 0.05) is 19.8 Å². The number of hydrogen-bond donors (Lipinski definition) is 0. The molecule has 220 valence electrons. The second-order valence-corrected chi connectivity index (χ2v) is 12.9. The molecule has 0 spiro atoms. The largest absolute Gasteiger partial charge is 0.458 e. The van der Waals surface area contributed by atoms with E-state index in [4.69, 9.17) is 18.4 Å². The number of carbonyl (C=O) groups is 2. The van der Waals surface area contributed by atoms with Crippen LogP contribution < -0.4 is 0 Å². The summed E-state index contributed by atoms with van der Waals surface area (Å²) in [6, 6.07) is 14.8. The van der Waals surface area contributed by atoms with Crippen LogP contribution in [0.2, 0.25) is 0 Å². The summed E-state index contributed by atoms with van der Waals surface area (Å²) in [7, 11) is -3.39. The van der Waals surface area contributed by atoms with Crippen molar-refractivity contribution in [2.45, 2.75) is 77.1 Å². The highest BCUT2D eigenvalue weighted by Gasteiger charge is 2.48. The molecule has 1 saturated heterocycles. The van der Waals surface area contributed by atoms with Gasteiger partial charge in [0.1, 0.15) is 11.5 Å². The normalized spacial score (nSPS) is 23.0. The zero-order valence-electron chi connectivity index (χ0n) is 24.0. The third-order valence-corrected chi connectivity index (χ3v) is 8.42. The van der Waals surface area contributed by atoms with Gasteiger partial charge in [0.05, 0.1) is 19.0 Å². The van der Waals surface area contributed by atoms with Crippen molar-refractivity contribution in [3.05, 3.63) is 70.3 Å². The Morgan fingerprint density at radius 2 is 1.57 bits per heavy atom. The molecule has 0 radical (unpaired) electrons. The van der Waals surface area contributed by atoms with E-state index < -0.39 is 39.7 Å². The molecule has 10 heteroatoms. The van der Waals surface area contributed by atoms with Crippen molar-refractivity contribution in [3.8, 4) is 0 Å². The number of unbranched alkanes of at least 4 members (excludes halogenated alkanes) is 1. The first-order chi connectivity index (χ1) is 18.9. The summed E-state index contributed by atoms with van der Waals surface area (Å²) in [6.45, 7) is 6.95. The third kappa shape index (κ3) is 9.33. The first-order valence-corrected chi connectivity index (χ1v) is 16.5. The average molecular weight is 593 g/mol. The van der Waals surface area contributed by atoms with Crippen LogP contribution in [0.5, 0.6) is 0 Å². The van der Waals surface area contributed by atoms with Crippen molar-refractivity contribution in [2.24, 2.45) is 5.92 Å². The monoisotopic (exact) mass is 592 g/mol. The molecule has 0 saturated carbocycles. The van der Waals surface area contributed by atoms with E-state index >= 15 is 0 Å². The molecule has 2 aromatic rings. The smallest absolute Gasteiger partial charge is 0.303 e. The van der Waals surface area contributed by atoms with Crippen molar-refractivity contribution < 1.29 is 36.4 Å². The maximum Gasteiger partial charge on any atom is 0.303 e. The fourth-order valence-electron chi connectivity index (χ4n) is 4.97. The van der Waals surface area contributed by atoms with E-state index in [1.165, 1.54) is 42.3 Å². The Hall–Kier alpha value is -2.40. The van der Waals surface area contributed by atoms with E-state index in [0.717, 1.165) is 36.6 Å². The van der Waals surface area contributed by atoms with Crippen molar-refractivity contribution in [1.82, 2.24) is 0 Å². The van der Waals surface area contributed by atoms with E-state index in [2.05, 4.69) is 43.3 Å². The molecule has 2 aromatic carbocycles. The van der Waals surface area contributed by atoms with Crippen molar-refractivity contribution in [2.75, 3.05) is 19.1 Å². The van der Waals surface area contributed by atoms with Gasteiger partial charge in [-0.05, 0) is 66.7 Å². The number of thioether (sulfide) groups is 1. The molecule has 3 rings (SSSR count). The predicted octanol–water partition coefficient (Wildman–Crippen LogP) is 5.14. The number of carbonyl (C=O) groups excluding carboxylic acids is 2. The van der Waals surface area contributed by atoms with Gasteiger partial charge in [-0.1, -0.05) is 49.4 Å². The molecule has 5 atom stereocenters. The lowest BCUT2D eigenvalue weighted by Crippen LogP contribution is -2.52. The van der Waals surface area contributed by atoms with E-state index in [0.29, 0.717) is 6.42 Å². The molecule has 1 aliphatic heterocycles. The van der Waals surface area contributed by atoms with Gasteiger partial charge in [0.2, 0.25) is 0 Å². The fourth-order valence-corrected chi connectivity index (χ4v) is 6.10. The van der Waals surface area contributed by atoms with Crippen LogP contribution in [0.4, 0.5) is 0 Å². The van der Waals surface area contributed by atoms with Crippen LogP contribution in [0.3, 0.4) is 0 Å². The van der Waals surface area contributed by atoms with Crippen LogP contribution in [0.15, 0.2) is 42.5 Å². The minimum atomic E-state index is -3.39. The van der Waals surface area contributed by atoms with E-state index in [9.17, 15) is 18.0 Å². The van der Waals surface area contributed by atoms with Crippen LogP contribution in [0.25, 0.3) is 0 Å². The van der Waals surface area contributed by atoms with Gasteiger partial charge >= 0.3 is 11.9 Å². The summed E-state index contributed by atoms with van der Waals surface area (Å²) in [4.78, 5) is 23.7.